The molecule has 1 heterocycles. The first-order valence-electron chi connectivity index (χ1n) is 8.85. The van der Waals surface area contributed by atoms with Crippen molar-refractivity contribution in [3.8, 4) is 16.9 Å². The van der Waals surface area contributed by atoms with E-state index in [1.807, 2.05) is 0 Å². The number of aromatic nitrogens is 1. The van der Waals surface area contributed by atoms with Crippen molar-refractivity contribution < 1.29 is 9.90 Å². The summed E-state index contributed by atoms with van der Waals surface area (Å²) in [5.41, 5.74) is 8.39. The van der Waals surface area contributed by atoms with Crippen molar-refractivity contribution in [2.45, 2.75) is 0 Å². The summed E-state index contributed by atoms with van der Waals surface area (Å²) in [7, 11) is 0. The summed E-state index contributed by atoms with van der Waals surface area (Å²) >= 11 is 0. The molecular weight excluding hydrogens is 368 g/mol. The summed E-state index contributed by atoms with van der Waals surface area (Å²) < 4.78 is 0. The topological polar surface area (TPSA) is 132 Å². The number of nitrogens with two attached hydrogens (primary N) is 1. The maximum absolute atomic E-state index is 12.3. The van der Waals surface area contributed by atoms with Gasteiger partial charge in [-0.05, 0) is 47.5 Å². The first-order chi connectivity index (χ1) is 13.9. The predicted octanol–water partition coefficient (Wildman–Crippen LogP) is 2.47. The Morgan fingerprint density at radius 2 is 1.79 bits per heavy atom. The number of nitrogens with one attached hydrogen (secondary N) is 3. The van der Waals surface area contributed by atoms with Crippen molar-refractivity contribution in [1.29, 1.82) is 5.41 Å². The van der Waals surface area contributed by atoms with Crippen LogP contribution in [-0.4, -0.2) is 28.4 Å². The van der Waals surface area contributed by atoms with Crippen molar-refractivity contribution in [3.05, 3.63) is 93.9 Å². The summed E-state index contributed by atoms with van der Waals surface area (Å²) in [5.74, 6) is -0.266. The van der Waals surface area contributed by atoms with Gasteiger partial charge < -0.3 is 21.1 Å². The number of rotatable bonds is 6. The lowest BCUT2D eigenvalue weighted by molar-refractivity contribution is 0.0958. The van der Waals surface area contributed by atoms with Gasteiger partial charge in [0, 0.05) is 35.5 Å². The zero-order valence-corrected chi connectivity index (χ0v) is 15.5. The quantitative estimate of drug-likeness (QED) is 0.328. The summed E-state index contributed by atoms with van der Waals surface area (Å²) in [6.45, 7) is 0.262. The van der Waals surface area contributed by atoms with Gasteiger partial charge in [0.25, 0.3) is 5.91 Å². The molecule has 2 aromatic carbocycles. The fourth-order valence-electron chi connectivity index (χ4n) is 2.73. The second kappa shape index (κ2) is 8.71. The van der Waals surface area contributed by atoms with Crippen LogP contribution in [0, 0.1) is 5.41 Å². The lowest BCUT2D eigenvalue weighted by Gasteiger charge is -2.05. The van der Waals surface area contributed by atoms with E-state index in [4.69, 9.17) is 11.1 Å². The molecule has 146 valence electrons. The van der Waals surface area contributed by atoms with Crippen LogP contribution < -0.4 is 16.6 Å². The molecule has 0 fully saturated rings. The van der Waals surface area contributed by atoms with E-state index in [9.17, 15) is 14.7 Å². The largest absolute Gasteiger partial charge is 0.507 e. The molecule has 7 nitrogen and oxygen atoms in total. The highest BCUT2D eigenvalue weighted by Gasteiger charge is 2.06. The molecule has 0 saturated heterocycles. The van der Waals surface area contributed by atoms with Crippen LogP contribution in [0.15, 0.2) is 71.7 Å². The van der Waals surface area contributed by atoms with Gasteiger partial charge in [-0.3, -0.25) is 15.0 Å². The highest BCUT2D eigenvalue weighted by Crippen LogP contribution is 2.20. The fraction of sp³-hybridized carbons (Fsp3) is 0.0455. The lowest BCUT2D eigenvalue weighted by Crippen LogP contribution is -2.23. The van der Waals surface area contributed by atoms with Gasteiger partial charge >= 0.3 is 0 Å². The third-order valence-corrected chi connectivity index (χ3v) is 4.27. The summed E-state index contributed by atoms with van der Waals surface area (Å²) in [5, 5.41) is 20.1. The van der Waals surface area contributed by atoms with Crippen molar-refractivity contribution in [2.24, 2.45) is 5.73 Å². The third kappa shape index (κ3) is 4.98. The molecule has 0 atom stereocenters. The van der Waals surface area contributed by atoms with Gasteiger partial charge in [0.1, 0.15) is 11.6 Å². The number of carbonyl (C=O) groups excluding carboxylic acids is 1. The number of hydrogen-bond donors (Lipinski definition) is 5. The standard InChI is InChI=1S/C22H20N4O3/c23-21(24)18-7-8-19(27)17(12-18)2-1-10-26-22(29)15-5-3-14(4-6-15)16-9-11-25-20(28)13-16/h1-9,11-13,27H,10H2,(H3,23,24)(H,25,28)(H,26,29)/b2-1+. The van der Waals surface area contributed by atoms with E-state index in [1.165, 1.54) is 12.1 Å². The van der Waals surface area contributed by atoms with Gasteiger partial charge in [-0.25, -0.2) is 0 Å². The molecule has 0 saturated carbocycles. The van der Waals surface area contributed by atoms with E-state index in [0.29, 0.717) is 16.7 Å². The number of pyridine rings is 1. The van der Waals surface area contributed by atoms with Gasteiger partial charge in [0.05, 0.1) is 0 Å². The second-order valence-electron chi connectivity index (χ2n) is 6.32. The molecule has 6 N–H and O–H groups in total. The molecule has 0 unspecified atom stereocenters. The van der Waals surface area contributed by atoms with E-state index >= 15 is 0 Å². The molecule has 0 aliphatic carbocycles. The van der Waals surface area contributed by atoms with Crippen LogP contribution in [0.4, 0.5) is 0 Å². The lowest BCUT2D eigenvalue weighted by atomic mass is 10.0. The molecule has 29 heavy (non-hydrogen) atoms. The number of phenols is 1. The minimum absolute atomic E-state index is 0.0629. The maximum Gasteiger partial charge on any atom is 0.251 e. The number of amides is 1. The Morgan fingerprint density at radius 1 is 1.07 bits per heavy atom. The number of carbonyl (C=O) groups is 1. The maximum atomic E-state index is 12.3. The fourth-order valence-corrected chi connectivity index (χ4v) is 2.73. The smallest absolute Gasteiger partial charge is 0.251 e. The number of phenolic OH excluding ortho intramolecular Hbond substituents is 1. The molecule has 3 aromatic rings. The van der Waals surface area contributed by atoms with Gasteiger partial charge in [0.2, 0.25) is 5.56 Å². The van der Waals surface area contributed by atoms with Crippen LogP contribution in [0.2, 0.25) is 0 Å². The molecule has 0 spiro atoms. The van der Waals surface area contributed by atoms with E-state index in [1.54, 1.807) is 60.8 Å². The van der Waals surface area contributed by atoms with Crippen molar-refractivity contribution in [2.75, 3.05) is 6.54 Å². The van der Waals surface area contributed by atoms with Crippen LogP contribution >= 0.6 is 0 Å². The van der Waals surface area contributed by atoms with E-state index in [0.717, 1.165) is 11.1 Å². The SMILES string of the molecule is N=C(N)c1ccc(O)c(/C=C/CNC(=O)c2ccc(-c3cc[nH]c(=O)c3)cc2)c1. The van der Waals surface area contributed by atoms with Crippen molar-refractivity contribution in [3.63, 3.8) is 0 Å². The molecule has 1 aromatic heterocycles. The predicted molar refractivity (Wildman–Crippen MR) is 113 cm³/mol. The average Bonchev–Trinajstić information content (AvgIpc) is 2.72. The Bertz CT molecular complexity index is 1130. The normalized spacial score (nSPS) is 10.8. The summed E-state index contributed by atoms with van der Waals surface area (Å²) in [6.07, 6.45) is 4.92. The van der Waals surface area contributed by atoms with E-state index in [2.05, 4.69) is 10.3 Å². The molecular formula is C22H20N4O3. The van der Waals surface area contributed by atoms with E-state index < -0.39 is 0 Å². The first-order valence-corrected chi connectivity index (χ1v) is 8.85. The Morgan fingerprint density at radius 3 is 2.48 bits per heavy atom. The minimum atomic E-state index is -0.242. The second-order valence-corrected chi connectivity index (χ2v) is 6.32. The van der Waals surface area contributed by atoms with Crippen LogP contribution in [0.3, 0.4) is 0 Å². The first kappa shape index (κ1) is 19.6. The summed E-state index contributed by atoms with van der Waals surface area (Å²) in [6, 6.07) is 14.9. The van der Waals surface area contributed by atoms with Crippen molar-refractivity contribution in [1.82, 2.24) is 10.3 Å². The Kier molecular flexibility index (Phi) is 5.89. The zero-order chi connectivity index (χ0) is 20.8. The van der Waals surface area contributed by atoms with Crippen molar-refractivity contribution >= 4 is 17.8 Å². The Labute approximate surface area is 167 Å². The number of benzene rings is 2. The van der Waals surface area contributed by atoms with Gasteiger partial charge in [-0.1, -0.05) is 24.3 Å². The average molecular weight is 388 g/mol. The highest BCUT2D eigenvalue weighted by molar-refractivity contribution is 5.96. The van der Waals surface area contributed by atoms with E-state index in [-0.39, 0.29) is 29.6 Å². The molecule has 1 amide bonds. The number of nitrogen functional groups attached to an aromatic ring is 1. The number of aromatic hydroxyl groups is 1. The number of hydrogen-bond acceptors (Lipinski definition) is 4. The number of aromatic amines is 1. The molecule has 0 aliphatic rings. The minimum Gasteiger partial charge on any atom is -0.507 e. The number of H-pyrrole nitrogens is 1. The van der Waals surface area contributed by atoms with Crippen LogP contribution in [0.1, 0.15) is 21.5 Å². The van der Waals surface area contributed by atoms with Crippen LogP contribution in [0.25, 0.3) is 17.2 Å². The number of amidine groups is 1. The Balaban J connectivity index is 1.61. The molecule has 0 bridgehead atoms. The third-order valence-electron chi connectivity index (χ3n) is 4.27. The van der Waals surface area contributed by atoms with Gasteiger partial charge in [-0.2, -0.15) is 0 Å². The van der Waals surface area contributed by atoms with Gasteiger partial charge in [-0.15, -0.1) is 0 Å². The molecule has 0 aliphatic heterocycles. The van der Waals surface area contributed by atoms with Crippen LogP contribution in [0.5, 0.6) is 5.75 Å². The van der Waals surface area contributed by atoms with Crippen LogP contribution in [-0.2, 0) is 0 Å². The Hall–Kier alpha value is -4.13. The van der Waals surface area contributed by atoms with Gasteiger partial charge in [0.15, 0.2) is 0 Å². The molecule has 0 radical (unpaired) electrons. The zero-order valence-electron chi connectivity index (χ0n) is 15.5. The summed E-state index contributed by atoms with van der Waals surface area (Å²) in [4.78, 5) is 26.2. The molecule has 7 heteroatoms. The monoisotopic (exact) mass is 388 g/mol. The molecule has 3 rings (SSSR count). The highest BCUT2D eigenvalue weighted by atomic mass is 16.3.